The molecule has 0 spiro atoms. The summed E-state index contributed by atoms with van der Waals surface area (Å²) in [4.78, 5) is 19.0. The van der Waals surface area contributed by atoms with Crippen LogP contribution in [0.15, 0.2) is 58.5 Å². The Hall–Kier alpha value is -2.55. The van der Waals surface area contributed by atoms with Crippen LogP contribution in [0.4, 0.5) is 0 Å². The summed E-state index contributed by atoms with van der Waals surface area (Å²) in [7, 11) is 0. The fraction of sp³-hybridized carbons (Fsp3) is 0.0556. The van der Waals surface area contributed by atoms with Gasteiger partial charge in [0.2, 0.25) is 0 Å². The molecule has 0 saturated carbocycles. The van der Waals surface area contributed by atoms with Crippen molar-refractivity contribution in [2.24, 2.45) is 0 Å². The van der Waals surface area contributed by atoms with Crippen molar-refractivity contribution >= 4 is 23.4 Å². The third-order valence-electron chi connectivity index (χ3n) is 3.53. The van der Waals surface area contributed by atoms with E-state index in [0.717, 1.165) is 11.1 Å². The molecule has 1 heterocycles. The minimum Gasteiger partial charge on any atom is -0.300 e. The van der Waals surface area contributed by atoms with Crippen LogP contribution < -0.4 is 5.56 Å². The number of H-pyrrole nitrogens is 1. The van der Waals surface area contributed by atoms with E-state index in [1.165, 1.54) is 11.8 Å². The lowest BCUT2D eigenvalue weighted by molar-refractivity contribution is 0.938. The first-order valence-corrected chi connectivity index (χ1v) is 8.68. The van der Waals surface area contributed by atoms with E-state index in [1.807, 2.05) is 48.5 Å². The number of aromatic amines is 1. The quantitative estimate of drug-likeness (QED) is 0.561. The monoisotopic (exact) mass is 353 g/mol. The molecule has 1 aromatic heterocycles. The van der Waals surface area contributed by atoms with Crippen molar-refractivity contribution in [3.8, 4) is 28.5 Å². The van der Waals surface area contributed by atoms with Crippen LogP contribution in [0.1, 0.15) is 5.56 Å². The fourth-order valence-electron chi connectivity index (χ4n) is 2.37. The smallest absolute Gasteiger partial charge is 0.270 e. The van der Waals surface area contributed by atoms with Crippen LogP contribution in [0, 0.1) is 11.3 Å². The summed E-state index contributed by atoms with van der Waals surface area (Å²) >= 11 is 7.72. The number of nitrogens with zero attached hydrogens (tertiary/aromatic N) is 2. The predicted molar refractivity (Wildman–Crippen MR) is 97.2 cm³/mol. The summed E-state index contributed by atoms with van der Waals surface area (Å²) in [6.07, 6.45) is 1.80. The van der Waals surface area contributed by atoms with Gasteiger partial charge in [-0.1, -0.05) is 65.8 Å². The van der Waals surface area contributed by atoms with E-state index in [9.17, 15) is 10.1 Å². The van der Waals surface area contributed by atoms with Crippen LogP contribution in [0.5, 0.6) is 0 Å². The molecular formula is C18H12ClN3OS. The number of rotatable bonds is 3. The number of hydrogen-bond acceptors (Lipinski definition) is 4. The maximum atomic E-state index is 12.0. The Morgan fingerprint density at radius 1 is 1.17 bits per heavy atom. The second-order valence-corrected chi connectivity index (χ2v) is 6.17. The molecule has 24 heavy (non-hydrogen) atoms. The number of thioether (sulfide) groups is 1. The summed E-state index contributed by atoms with van der Waals surface area (Å²) in [5.41, 5.74) is 2.36. The van der Waals surface area contributed by atoms with E-state index in [4.69, 9.17) is 11.6 Å². The normalized spacial score (nSPS) is 10.4. The maximum Gasteiger partial charge on any atom is 0.270 e. The van der Waals surface area contributed by atoms with E-state index in [0.29, 0.717) is 21.4 Å². The van der Waals surface area contributed by atoms with E-state index in [2.05, 4.69) is 9.97 Å². The molecule has 3 aromatic rings. The van der Waals surface area contributed by atoms with Crippen molar-refractivity contribution in [2.45, 2.75) is 5.16 Å². The molecule has 0 aliphatic rings. The average molecular weight is 354 g/mol. The lowest BCUT2D eigenvalue weighted by atomic mass is 10.0. The summed E-state index contributed by atoms with van der Waals surface area (Å²) in [5.74, 6) is 0. The lowest BCUT2D eigenvalue weighted by Crippen LogP contribution is -2.14. The first kappa shape index (κ1) is 16.3. The molecule has 0 unspecified atom stereocenters. The highest BCUT2D eigenvalue weighted by Gasteiger charge is 2.16. The van der Waals surface area contributed by atoms with Gasteiger partial charge in [0.25, 0.3) is 5.56 Å². The van der Waals surface area contributed by atoms with Gasteiger partial charge in [-0.3, -0.25) is 4.79 Å². The first-order valence-electron chi connectivity index (χ1n) is 7.08. The third-order valence-corrected chi connectivity index (χ3v) is 4.43. The van der Waals surface area contributed by atoms with Gasteiger partial charge in [-0.15, -0.1) is 0 Å². The minimum absolute atomic E-state index is 0.0397. The molecule has 0 saturated heterocycles. The first-order chi connectivity index (χ1) is 11.6. The van der Waals surface area contributed by atoms with Gasteiger partial charge >= 0.3 is 0 Å². The largest absolute Gasteiger partial charge is 0.300 e. The second-order valence-electron chi connectivity index (χ2n) is 4.97. The van der Waals surface area contributed by atoms with E-state index in [1.54, 1.807) is 12.3 Å². The Balaban J connectivity index is 2.17. The van der Waals surface area contributed by atoms with Crippen molar-refractivity contribution in [1.82, 2.24) is 9.97 Å². The van der Waals surface area contributed by atoms with Crippen LogP contribution in [-0.2, 0) is 0 Å². The number of nitriles is 1. The third kappa shape index (κ3) is 3.07. The highest BCUT2D eigenvalue weighted by Crippen LogP contribution is 2.32. The highest BCUT2D eigenvalue weighted by atomic mass is 35.5. The van der Waals surface area contributed by atoms with Crippen molar-refractivity contribution in [1.29, 1.82) is 5.26 Å². The van der Waals surface area contributed by atoms with Crippen LogP contribution in [0.2, 0.25) is 5.02 Å². The Kier molecular flexibility index (Phi) is 4.70. The van der Waals surface area contributed by atoms with E-state index < -0.39 is 5.56 Å². The summed E-state index contributed by atoms with van der Waals surface area (Å²) in [6.45, 7) is 0. The summed E-state index contributed by atoms with van der Waals surface area (Å²) in [5, 5.41) is 10.2. The standard InChI is InChI=1S/C18H12ClN3OS/c1-24-18-21-16(14(10-20)17(23)22-18)13-8-7-12(9-15(13)19)11-5-3-2-4-6-11/h2-9H,1H3,(H,21,22,23). The van der Waals surface area contributed by atoms with Gasteiger partial charge in [0, 0.05) is 5.56 Å². The molecule has 0 fully saturated rings. The zero-order chi connectivity index (χ0) is 17.1. The number of halogens is 1. The molecule has 2 aromatic carbocycles. The number of nitrogens with one attached hydrogen (secondary N) is 1. The molecule has 0 bridgehead atoms. The molecular weight excluding hydrogens is 342 g/mol. The van der Waals surface area contributed by atoms with Gasteiger partial charge in [0.05, 0.1) is 10.7 Å². The van der Waals surface area contributed by atoms with Gasteiger partial charge in [-0.25, -0.2) is 4.98 Å². The van der Waals surface area contributed by atoms with Crippen LogP contribution in [0.25, 0.3) is 22.4 Å². The molecule has 3 rings (SSSR count). The van der Waals surface area contributed by atoms with Gasteiger partial charge in [-0.2, -0.15) is 5.26 Å². The maximum absolute atomic E-state index is 12.0. The van der Waals surface area contributed by atoms with Crippen molar-refractivity contribution in [2.75, 3.05) is 6.26 Å². The average Bonchev–Trinajstić information content (AvgIpc) is 2.61. The Bertz CT molecular complexity index is 993. The number of aromatic nitrogens is 2. The summed E-state index contributed by atoms with van der Waals surface area (Å²) < 4.78 is 0. The van der Waals surface area contributed by atoms with Gasteiger partial charge < -0.3 is 4.98 Å². The highest BCUT2D eigenvalue weighted by molar-refractivity contribution is 7.98. The van der Waals surface area contributed by atoms with Gasteiger partial charge in [0.1, 0.15) is 11.6 Å². The SMILES string of the molecule is CSc1nc(-c2ccc(-c3ccccc3)cc2Cl)c(C#N)c(=O)[nH]1. The topological polar surface area (TPSA) is 69.5 Å². The van der Waals surface area contributed by atoms with Gasteiger partial charge in [-0.05, 0) is 23.4 Å². The van der Waals surface area contributed by atoms with Crippen LogP contribution in [0.3, 0.4) is 0 Å². The second kappa shape index (κ2) is 6.91. The van der Waals surface area contributed by atoms with Crippen LogP contribution >= 0.6 is 23.4 Å². The van der Waals surface area contributed by atoms with Crippen molar-refractivity contribution in [3.05, 3.63) is 69.5 Å². The number of benzene rings is 2. The van der Waals surface area contributed by atoms with E-state index in [-0.39, 0.29) is 5.56 Å². The fourth-order valence-corrected chi connectivity index (χ4v) is 3.01. The number of hydrogen-bond donors (Lipinski definition) is 1. The molecule has 118 valence electrons. The molecule has 0 radical (unpaired) electrons. The predicted octanol–water partition coefficient (Wildman–Crippen LogP) is 4.35. The zero-order valence-corrected chi connectivity index (χ0v) is 14.3. The lowest BCUT2D eigenvalue weighted by Gasteiger charge is -2.09. The van der Waals surface area contributed by atoms with Crippen LogP contribution in [-0.4, -0.2) is 16.2 Å². The molecule has 0 atom stereocenters. The molecule has 1 N–H and O–H groups in total. The van der Waals surface area contributed by atoms with Gasteiger partial charge in [0.15, 0.2) is 5.16 Å². The molecule has 0 aliphatic carbocycles. The Morgan fingerprint density at radius 2 is 1.92 bits per heavy atom. The molecule has 6 heteroatoms. The minimum atomic E-state index is -0.463. The Labute approximate surface area is 148 Å². The molecule has 0 aliphatic heterocycles. The zero-order valence-electron chi connectivity index (χ0n) is 12.7. The Morgan fingerprint density at radius 3 is 2.54 bits per heavy atom. The molecule has 0 amide bonds. The van der Waals surface area contributed by atoms with E-state index >= 15 is 0 Å². The summed E-state index contributed by atoms with van der Waals surface area (Å²) in [6, 6.07) is 17.2. The molecule has 4 nitrogen and oxygen atoms in total. The van der Waals surface area contributed by atoms with Crippen molar-refractivity contribution in [3.63, 3.8) is 0 Å². The van der Waals surface area contributed by atoms with Crippen molar-refractivity contribution < 1.29 is 0 Å².